The van der Waals surface area contributed by atoms with E-state index in [1.54, 1.807) is 0 Å². The molecule has 14 heavy (non-hydrogen) atoms. The van der Waals surface area contributed by atoms with Crippen LogP contribution in [0.25, 0.3) is 0 Å². The lowest BCUT2D eigenvalue weighted by Gasteiger charge is -2.34. The van der Waals surface area contributed by atoms with Crippen LogP contribution in [-0.4, -0.2) is 55.5 Å². The van der Waals surface area contributed by atoms with Crippen molar-refractivity contribution in [2.24, 2.45) is 5.84 Å². The standard InChI is InChI=1S/C9H20N4O/c1-12-5-3-8(4-6-12)13(2)7-9(14)11-10/h8H,3-7,10H2,1-2H3,(H,11,14). The molecule has 82 valence electrons. The van der Waals surface area contributed by atoms with Crippen LogP contribution in [0.1, 0.15) is 12.8 Å². The van der Waals surface area contributed by atoms with Crippen molar-refractivity contribution in [3.63, 3.8) is 0 Å². The maximum Gasteiger partial charge on any atom is 0.248 e. The minimum atomic E-state index is -0.119. The van der Waals surface area contributed by atoms with Crippen molar-refractivity contribution in [1.29, 1.82) is 0 Å². The Hall–Kier alpha value is -0.650. The molecule has 1 saturated heterocycles. The summed E-state index contributed by atoms with van der Waals surface area (Å²) in [5.74, 6) is 4.92. The third kappa shape index (κ3) is 3.25. The highest BCUT2D eigenvalue weighted by Crippen LogP contribution is 2.13. The van der Waals surface area contributed by atoms with Crippen molar-refractivity contribution in [3.05, 3.63) is 0 Å². The third-order valence-corrected chi connectivity index (χ3v) is 2.87. The van der Waals surface area contributed by atoms with Gasteiger partial charge in [0.15, 0.2) is 0 Å². The van der Waals surface area contributed by atoms with Gasteiger partial charge in [0, 0.05) is 6.04 Å². The Labute approximate surface area is 85.2 Å². The Morgan fingerprint density at radius 2 is 2.14 bits per heavy atom. The molecule has 0 radical (unpaired) electrons. The van der Waals surface area contributed by atoms with E-state index in [9.17, 15) is 4.79 Å². The van der Waals surface area contributed by atoms with Gasteiger partial charge in [-0.2, -0.15) is 0 Å². The molecule has 5 nitrogen and oxygen atoms in total. The topological polar surface area (TPSA) is 61.6 Å². The van der Waals surface area contributed by atoms with Crippen molar-refractivity contribution >= 4 is 5.91 Å². The zero-order valence-corrected chi connectivity index (χ0v) is 8.99. The zero-order chi connectivity index (χ0) is 10.6. The van der Waals surface area contributed by atoms with E-state index in [0.29, 0.717) is 12.6 Å². The van der Waals surface area contributed by atoms with Crippen LogP contribution in [0, 0.1) is 0 Å². The van der Waals surface area contributed by atoms with Crippen molar-refractivity contribution < 1.29 is 4.79 Å². The van der Waals surface area contributed by atoms with E-state index in [4.69, 9.17) is 5.84 Å². The number of likely N-dealkylation sites (tertiary alicyclic amines) is 1. The SMILES string of the molecule is CN1CCC(N(C)CC(=O)NN)CC1. The normalized spacial score (nSPS) is 20.0. The number of nitrogens with zero attached hydrogens (tertiary/aromatic N) is 2. The average Bonchev–Trinajstić information content (AvgIpc) is 2.18. The van der Waals surface area contributed by atoms with Crippen LogP contribution in [-0.2, 0) is 4.79 Å². The van der Waals surface area contributed by atoms with Gasteiger partial charge in [-0.1, -0.05) is 0 Å². The number of piperidine rings is 1. The number of hydrogen-bond acceptors (Lipinski definition) is 4. The molecule has 1 rings (SSSR count). The molecule has 0 aliphatic carbocycles. The summed E-state index contributed by atoms with van der Waals surface area (Å²) in [6.07, 6.45) is 2.26. The minimum absolute atomic E-state index is 0.119. The first-order chi connectivity index (χ1) is 6.63. The van der Waals surface area contributed by atoms with Gasteiger partial charge in [0.1, 0.15) is 0 Å². The number of nitrogens with one attached hydrogen (secondary N) is 1. The molecule has 0 bridgehead atoms. The summed E-state index contributed by atoms with van der Waals surface area (Å²) in [7, 11) is 4.11. The van der Waals surface area contributed by atoms with Crippen LogP contribution in [0.2, 0.25) is 0 Å². The Kier molecular flexibility index (Phi) is 4.31. The van der Waals surface area contributed by atoms with Crippen molar-refractivity contribution in [2.75, 3.05) is 33.7 Å². The van der Waals surface area contributed by atoms with Crippen molar-refractivity contribution in [1.82, 2.24) is 15.2 Å². The number of rotatable bonds is 3. The summed E-state index contributed by atoms with van der Waals surface area (Å²) < 4.78 is 0. The second-order valence-corrected chi connectivity index (χ2v) is 4.02. The third-order valence-electron chi connectivity index (χ3n) is 2.87. The van der Waals surface area contributed by atoms with E-state index in [1.165, 1.54) is 0 Å². The first-order valence-electron chi connectivity index (χ1n) is 5.01. The molecule has 0 aromatic rings. The molecule has 0 atom stereocenters. The van der Waals surface area contributed by atoms with Crippen LogP contribution in [0.4, 0.5) is 0 Å². The Balaban J connectivity index is 2.30. The number of amides is 1. The molecule has 0 aromatic heterocycles. The summed E-state index contributed by atoms with van der Waals surface area (Å²) >= 11 is 0. The summed E-state index contributed by atoms with van der Waals surface area (Å²) in [5, 5.41) is 0. The molecular weight excluding hydrogens is 180 g/mol. The van der Waals surface area contributed by atoms with Gasteiger partial charge in [0.2, 0.25) is 5.91 Å². The smallest absolute Gasteiger partial charge is 0.248 e. The highest BCUT2D eigenvalue weighted by atomic mass is 16.2. The lowest BCUT2D eigenvalue weighted by molar-refractivity contribution is -0.122. The molecule has 3 N–H and O–H groups in total. The molecule has 0 unspecified atom stereocenters. The average molecular weight is 200 g/mol. The van der Waals surface area contributed by atoms with Gasteiger partial charge in [-0.3, -0.25) is 15.1 Å². The van der Waals surface area contributed by atoms with Crippen molar-refractivity contribution in [3.8, 4) is 0 Å². The van der Waals surface area contributed by atoms with Gasteiger partial charge in [0.25, 0.3) is 0 Å². The van der Waals surface area contributed by atoms with Gasteiger partial charge in [0.05, 0.1) is 6.54 Å². The van der Waals surface area contributed by atoms with E-state index in [2.05, 4.69) is 22.3 Å². The Morgan fingerprint density at radius 3 is 2.64 bits per heavy atom. The number of likely N-dealkylation sites (N-methyl/N-ethyl adjacent to an activating group) is 1. The van der Waals surface area contributed by atoms with Gasteiger partial charge < -0.3 is 4.90 Å². The predicted octanol–water partition coefficient (Wildman–Crippen LogP) is -0.998. The number of hydrazine groups is 1. The molecule has 1 aliphatic rings. The lowest BCUT2D eigenvalue weighted by atomic mass is 10.0. The van der Waals surface area contributed by atoms with Crippen LogP contribution < -0.4 is 11.3 Å². The van der Waals surface area contributed by atoms with Crippen molar-refractivity contribution in [2.45, 2.75) is 18.9 Å². The molecule has 0 aromatic carbocycles. The molecule has 0 spiro atoms. The van der Waals surface area contributed by atoms with E-state index in [1.807, 2.05) is 7.05 Å². The molecule has 1 aliphatic heterocycles. The monoisotopic (exact) mass is 200 g/mol. The maximum atomic E-state index is 11.0. The Morgan fingerprint density at radius 1 is 1.57 bits per heavy atom. The molecule has 1 fully saturated rings. The second kappa shape index (κ2) is 5.29. The molecule has 1 amide bonds. The predicted molar refractivity (Wildman–Crippen MR) is 55.5 cm³/mol. The van der Waals surface area contributed by atoms with Crippen LogP contribution >= 0.6 is 0 Å². The molecule has 0 saturated carbocycles. The van der Waals surface area contributed by atoms with E-state index >= 15 is 0 Å². The van der Waals surface area contributed by atoms with Gasteiger partial charge in [-0.15, -0.1) is 0 Å². The van der Waals surface area contributed by atoms with E-state index in [-0.39, 0.29) is 5.91 Å². The Bertz CT molecular complexity index is 189. The first-order valence-corrected chi connectivity index (χ1v) is 5.01. The second-order valence-electron chi connectivity index (χ2n) is 4.02. The number of hydrogen-bond donors (Lipinski definition) is 2. The molecule has 5 heteroatoms. The quantitative estimate of drug-likeness (QED) is 0.348. The molecule has 1 heterocycles. The lowest BCUT2D eigenvalue weighted by Crippen LogP contribution is -2.46. The fourth-order valence-corrected chi connectivity index (χ4v) is 1.84. The minimum Gasteiger partial charge on any atom is -0.306 e. The highest BCUT2D eigenvalue weighted by Gasteiger charge is 2.21. The van der Waals surface area contributed by atoms with Crippen LogP contribution in [0.15, 0.2) is 0 Å². The van der Waals surface area contributed by atoms with Gasteiger partial charge in [-0.25, -0.2) is 5.84 Å². The summed E-state index contributed by atoms with van der Waals surface area (Å²) in [4.78, 5) is 15.4. The van der Waals surface area contributed by atoms with E-state index in [0.717, 1.165) is 25.9 Å². The first kappa shape index (κ1) is 11.4. The number of nitrogens with two attached hydrogens (primary N) is 1. The van der Waals surface area contributed by atoms with Gasteiger partial charge >= 0.3 is 0 Å². The highest BCUT2D eigenvalue weighted by molar-refractivity contribution is 5.77. The van der Waals surface area contributed by atoms with Crippen LogP contribution in [0.5, 0.6) is 0 Å². The summed E-state index contributed by atoms with van der Waals surface area (Å²) in [5.41, 5.74) is 2.15. The fraction of sp³-hybridized carbons (Fsp3) is 0.889. The fourth-order valence-electron chi connectivity index (χ4n) is 1.84. The maximum absolute atomic E-state index is 11.0. The zero-order valence-electron chi connectivity index (χ0n) is 8.99. The van der Waals surface area contributed by atoms with Crippen LogP contribution in [0.3, 0.4) is 0 Å². The number of carbonyl (C=O) groups excluding carboxylic acids is 1. The number of carbonyl (C=O) groups is 1. The van der Waals surface area contributed by atoms with E-state index < -0.39 is 0 Å². The van der Waals surface area contributed by atoms with Gasteiger partial charge in [-0.05, 0) is 40.0 Å². The summed E-state index contributed by atoms with van der Waals surface area (Å²) in [6, 6.07) is 0.517. The molecular formula is C9H20N4O. The largest absolute Gasteiger partial charge is 0.306 e. The summed E-state index contributed by atoms with van der Waals surface area (Å²) in [6.45, 7) is 2.61.